The molecule has 1 aliphatic rings. The Labute approximate surface area is 138 Å². The SMILES string of the molecule is CCNC(=NC)N1CCC(Oc2ccccc2)CC1.I. The standard InChI is InChI=1S/C15H23N3O.HI/c1-3-17-15(16-2)18-11-9-14(10-12-18)19-13-7-5-4-6-8-13;/h4-8,14H,3,9-12H2,1-2H3,(H,16,17);1H. The van der Waals surface area contributed by atoms with Gasteiger partial charge in [-0.05, 0) is 19.1 Å². The van der Waals surface area contributed by atoms with Gasteiger partial charge in [-0.3, -0.25) is 4.99 Å². The zero-order valence-corrected chi connectivity index (χ0v) is 14.5. The van der Waals surface area contributed by atoms with Gasteiger partial charge in [0.1, 0.15) is 11.9 Å². The van der Waals surface area contributed by atoms with Crippen LogP contribution in [0.4, 0.5) is 0 Å². The number of nitrogens with one attached hydrogen (secondary N) is 1. The molecule has 1 aliphatic heterocycles. The lowest BCUT2D eigenvalue weighted by atomic mass is 10.1. The molecule has 1 N–H and O–H groups in total. The number of aliphatic imine (C=N–C) groups is 1. The Morgan fingerprint density at radius 2 is 1.95 bits per heavy atom. The first-order chi connectivity index (χ1) is 9.33. The van der Waals surface area contributed by atoms with Crippen molar-refractivity contribution in [2.24, 2.45) is 4.99 Å². The fraction of sp³-hybridized carbons (Fsp3) is 0.533. The van der Waals surface area contributed by atoms with Crippen molar-refractivity contribution in [1.82, 2.24) is 10.2 Å². The van der Waals surface area contributed by atoms with E-state index >= 15 is 0 Å². The van der Waals surface area contributed by atoms with E-state index < -0.39 is 0 Å². The van der Waals surface area contributed by atoms with Gasteiger partial charge in [0.25, 0.3) is 0 Å². The maximum Gasteiger partial charge on any atom is 0.193 e. The summed E-state index contributed by atoms with van der Waals surface area (Å²) in [6, 6.07) is 10.1. The highest BCUT2D eigenvalue weighted by molar-refractivity contribution is 14.0. The highest BCUT2D eigenvalue weighted by atomic mass is 127. The molecule has 4 nitrogen and oxygen atoms in total. The monoisotopic (exact) mass is 389 g/mol. The minimum Gasteiger partial charge on any atom is -0.490 e. The number of nitrogens with zero attached hydrogens (tertiary/aromatic N) is 2. The van der Waals surface area contributed by atoms with Gasteiger partial charge < -0.3 is 15.0 Å². The van der Waals surface area contributed by atoms with Crippen LogP contribution in [0.3, 0.4) is 0 Å². The summed E-state index contributed by atoms with van der Waals surface area (Å²) in [6.07, 6.45) is 2.40. The molecule has 0 aromatic heterocycles. The van der Waals surface area contributed by atoms with Crippen molar-refractivity contribution in [2.75, 3.05) is 26.7 Å². The molecule has 5 heteroatoms. The van der Waals surface area contributed by atoms with Crippen LogP contribution in [0, 0.1) is 0 Å². The largest absolute Gasteiger partial charge is 0.490 e. The summed E-state index contributed by atoms with van der Waals surface area (Å²) < 4.78 is 5.99. The van der Waals surface area contributed by atoms with Gasteiger partial charge in [0.05, 0.1) is 0 Å². The van der Waals surface area contributed by atoms with E-state index in [0.717, 1.165) is 44.2 Å². The van der Waals surface area contributed by atoms with Crippen molar-refractivity contribution in [3.05, 3.63) is 30.3 Å². The van der Waals surface area contributed by atoms with Crippen LogP contribution in [0.25, 0.3) is 0 Å². The third-order valence-electron chi connectivity index (χ3n) is 3.33. The first kappa shape index (κ1) is 17.1. The second-order valence-corrected chi connectivity index (χ2v) is 4.69. The summed E-state index contributed by atoms with van der Waals surface area (Å²) >= 11 is 0. The fourth-order valence-electron chi connectivity index (χ4n) is 2.37. The molecule has 1 aromatic rings. The van der Waals surface area contributed by atoms with Gasteiger partial charge in [0.15, 0.2) is 5.96 Å². The van der Waals surface area contributed by atoms with Crippen LogP contribution in [0.1, 0.15) is 19.8 Å². The number of hydrogen-bond acceptors (Lipinski definition) is 2. The fourth-order valence-corrected chi connectivity index (χ4v) is 2.37. The number of hydrogen-bond donors (Lipinski definition) is 1. The number of halogens is 1. The Morgan fingerprint density at radius 3 is 2.50 bits per heavy atom. The van der Waals surface area contributed by atoms with E-state index in [0.29, 0.717) is 6.10 Å². The van der Waals surface area contributed by atoms with Crippen LogP contribution in [-0.4, -0.2) is 43.6 Å². The molecule has 0 bridgehead atoms. The van der Waals surface area contributed by atoms with Crippen LogP contribution in [0.2, 0.25) is 0 Å². The van der Waals surface area contributed by atoms with Gasteiger partial charge in [0, 0.05) is 39.5 Å². The van der Waals surface area contributed by atoms with Crippen molar-refractivity contribution in [2.45, 2.75) is 25.9 Å². The van der Waals surface area contributed by atoms with Gasteiger partial charge in [-0.15, -0.1) is 24.0 Å². The molecule has 1 saturated heterocycles. The Hall–Kier alpha value is -0.980. The van der Waals surface area contributed by atoms with Crippen LogP contribution in [0.15, 0.2) is 35.3 Å². The van der Waals surface area contributed by atoms with Crippen molar-refractivity contribution in [3.8, 4) is 5.75 Å². The Balaban J connectivity index is 0.00000200. The molecule has 0 amide bonds. The van der Waals surface area contributed by atoms with E-state index in [9.17, 15) is 0 Å². The number of piperidine rings is 1. The molecular formula is C15H24IN3O. The number of benzene rings is 1. The van der Waals surface area contributed by atoms with Gasteiger partial charge in [0.2, 0.25) is 0 Å². The predicted molar refractivity (Wildman–Crippen MR) is 94.1 cm³/mol. The van der Waals surface area contributed by atoms with E-state index in [1.807, 2.05) is 37.4 Å². The normalized spacial score (nSPS) is 16.5. The summed E-state index contributed by atoms with van der Waals surface area (Å²) in [5.41, 5.74) is 0. The smallest absolute Gasteiger partial charge is 0.193 e. The lowest BCUT2D eigenvalue weighted by Gasteiger charge is -2.34. The summed E-state index contributed by atoms with van der Waals surface area (Å²) in [5, 5.41) is 3.30. The summed E-state index contributed by atoms with van der Waals surface area (Å²) in [7, 11) is 1.84. The molecule has 1 heterocycles. The topological polar surface area (TPSA) is 36.9 Å². The lowest BCUT2D eigenvalue weighted by Crippen LogP contribution is -2.47. The third-order valence-corrected chi connectivity index (χ3v) is 3.33. The number of ether oxygens (including phenoxy) is 1. The second-order valence-electron chi connectivity index (χ2n) is 4.69. The van der Waals surface area contributed by atoms with Crippen molar-refractivity contribution >= 4 is 29.9 Å². The van der Waals surface area contributed by atoms with Crippen molar-refractivity contribution < 1.29 is 4.74 Å². The van der Waals surface area contributed by atoms with E-state index in [4.69, 9.17) is 4.74 Å². The molecule has 1 aromatic carbocycles. The number of rotatable bonds is 3. The summed E-state index contributed by atoms with van der Waals surface area (Å²) in [5.74, 6) is 1.97. The highest BCUT2D eigenvalue weighted by Crippen LogP contribution is 2.18. The Bertz CT molecular complexity index is 403. The summed E-state index contributed by atoms with van der Waals surface area (Å²) in [4.78, 5) is 6.60. The molecule has 0 spiro atoms. The molecular weight excluding hydrogens is 365 g/mol. The zero-order chi connectivity index (χ0) is 13.5. The van der Waals surface area contributed by atoms with Gasteiger partial charge >= 0.3 is 0 Å². The Kier molecular flexibility index (Phi) is 7.72. The maximum atomic E-state index is 5.99. The molecule has 1 fully saturated rings. The number of likely N-dealkylation sites (tertiary alicyclic amines) is 1. The van der Waals surface area contributed by atoms with E-state index in [1.54, 1.807) is 0 Å². The molecule has 112 valence electrons. The molecule has 2 rings (SSSR count). The van der Waals surface area contributed by atoms with E-state index in [2.05, 4.69) is 22.1 Å². The van der Waals surface area contributed by atoms with E-state index in [-0.39, 0.29) is 24.0 Å². The van der Waals surface area contributed by atoms with E-state index in [1.165, 1.54) is 0 Å². The quantitative estimate of drug-likeness (QED) is 0.491. The molecule has 0 radical (unpaired) electrons. The van der Waals surface area contributed by atoms with Gasteiger partial charge in [-0.2, -0.15) is 0 Å². The number of para-hydroxylation sites is 1. The second kappa shape index (κ2) is 9.05. The first-order valence-electron chi connectivity index (χ1n) is 7.00. The zero-order valence-electron chi connectivity index (χ0n) is 12.2. The molecule has 0 aliphatic carbocycles. The third kappa shape index (κ3) is 4.85. The van der Waals surface area contributed by atoms with Crippen LogP contribution in [-0.2, 0) is 0 Å². The van der Waals surface area contributed by atoms with Crippen molar-refractivity contribution in [1.29, 1.82) is 0 Å². The van der Waals surface area contributed by atoms with Gasteiger partial charge in [-0.25, -0.2) is 0 Å². The lowest BCUT2D eigenvalue weighted by molar-refractivity contribution is 0.129. The first-order valence-corrected chi connectivity index (χ1v) is 7.00. The maximum absolute atomic E-state index is 5.99. The minimum atomic E-state index is 0. The van der Waals surface area contributed by atoms with Gasteiger partial charge in [-0.1, -0.05) is 18.2 Å². The molecule has 0 unspecified atom stereocenters. The van der Waals surface area contributed by atoms with Crippen molar-refractivity contribution in [3.63, 3.8) is 0 Å². The summed E-state index contributed by atoms with van der Waals surface area (Å²) in [6.45, 7) is 5.00. The average molecular weight is 389 g/mol. The predicted octanol–water partition coefficient (Wildman–Crippen LogP) is 2.74. The highest BCUT2D eigenvalue weighted by Gasteiger charge is 2.22. The van der Waals surface area contributed by atoms with Crippen LogP contribution >= 0.6 is 24.0 Å². The van der Waals surface area contributed by atoms with Crippen LogP contribution in [0.5, 0.6) is 5.75 Å². The number of guanidine groups is 1. The molecule has 0 atom stereocenters. The minimum absolute atomic E-state index is 0. The average Bonchev–Trinajstić information content (AvgIpc) is 2.47. The molecule has 20 heavy (non-hydrogen) atoms. The van der Waals surface area contributed by atoms with Crippen LogP contribution < -0.4 is 10.1 Å². The Morgan fingerprint density at radius 1 is 1.30 bits per heavy atom. The molecule has 0 saturated carbocycles.